The van der Waals surface area contributed by atoms with E-state index in [1.54, 1.807) is 43.3 Å². The van der Waals surface area contributed by atoms with Gasteiger partial charge in [-0.15, -0.1) is 0 Å². The Hall–Kier alpha value is -3.87. The monoisotopic (exact) mass is 463 g/mol. The van der Waals surface area contributed by atoms with Gasteiger partial charge in [-0.25, -0.2) is 4.39 Å². The molecule has 1 aliphatic heterocycles. The molecule has 2 heterocycles. The maximum atomic E-state index is 14.2. The van der Waals surface area contributed by atoms with Crippen LogP contribution in [0.5, 0.6) is 5.75 Å². The lowest BCUT2D eigenvalue weighted by Gasteiger charge is -2.24. The topological polar surface area (TPSA) is 80.0 Å². The molecule has 0 aliphatic carbocycles. The molecule has 0 saturated carbocycles. The third-order valence-electron chi connectivity index (χ3n) is 5.85. The van der Waals surface area contributed by atoms with Crippen molar-refractivity contribution in [2.45, 2.75) is 39.3 Å². The molecular formula is C27H26FNO5. The summed E-state index contributed by atoms with van der Waals surface area (Å²) < 4.78 is 25.3. The molecule has 0 spiro atoms. The molecule has 0 radical (unpaired) electrons. The number of hydrogen-bond acceptors (Lipinski definition) is 5. The number of likely N-dealkylation sites (tertiary alicyclic amines) is 1. The van der Waals surface area contributed by atoms with Crippen LogP contribution >= 0.6 is 0 Å². The highest BCUT2D eigenvalue weighted by atomic mass is 19.1. The van der Waals surface area contributed by atoms with Crippen LogP contribution in [0.4, 0.5) is 4.39 Å². The number of aliphatic hydroxyl groups excluding tert-OH is 1. The van der Waals surface area contributed by atoms with Gasteiger partial charge >= 0.3 is 0 Å². The van der Waals surface area contributed by atoms with Gasteiger partial charge in [0.15, 0.2) is 0 Å². The van der Waals surface area contributed by atoms with Crippen molar-refractivity contribution < 1.29 is 28.2 Å². The Kier molecular flexibility index (Phi) is 6.82. The highest BCUT2D eigenvalue weighted by Gasteiger charge is 2.46. The van der Waals surface area contributed by atoms with E-state index in [4.69, 9.17) is 9.15 Å². The predicted molar refractivity (Wildman–Crippen MR) is 125 cm³/mol. The van der Waals surface area contributed by atoms with Crippen LogP contribution in [0.1, 0.15) is 48.3 Å². The normalized spacial score (nSPS) is 17.4. The molecule has 3 aromatic rings. The summed E-state index contributed by atoms with van der Waals surface area (Å²) in [5.74, 6) is -1.38. The number of furan rings is 1. The van der Waals surface area contributed by atoms with Gasteiger partial charge in [0.1, 0.15) is 23.1 Å². The lowest BCUT2D eigenvalue weighted by Crippen LogP contribution is -2.29. The predicted octanol–water partition coefficient (Wildman–Crippen LogP) is 5.53. The number of carbonyl (C=O) groups excluding carboxylic acids is 2. The molecule has 1 aromatic heterocycles. The van der Waals surface area contributed by atoms with Crippen molar-refractivity contribution in [2.24, 2.45) is 0 Å². The first-order chi connectivity index (χ1) is 16.4. The van der Waals surface area contributed by atoms with E-state index in [1.165, 1.54) is 23.3 Å². The van der Waals surface area contributed by atoms with Crippen molar-refractivity contribution in [2.75, 3.05) is 6.61 Å². The van der Waals surface area contributed by atoms with Crippen molar-refractivity contribution in [3.05, 3.63) is 94.7 Å². The zero-order valence-electron chi connectivity index (χ0n) is 19.1. The maximum absolute atomic E-state index is 14.2. The maximum Gasteiger partial charge on any atom is 0.296 e. The van der Waals surface area contributed by atoms with Crippen LogP contribution < -0.4 is 4.74 Å². The van der Waals surface area contributed by atoms with E-state index in [0.29, 0.717) is 29.2 Å². The average Bonchev–Trinajstić information content (AvgIpc) is 3.43. The number of Topliss-reactive ketones (excluding diaryl/α,β-unsaturated/α-hetero) is 1. The molecule has 1 atom stereocenters. The lowest BCUT2D eigenvalue weighted by molar-refractivity contribution is -0.140. The second-order valence-electron chi connectivity index (χ2n) is 8.24. The number of unbranched alkanes of at least 4 members (excludes halogenated alkanes) is 1. The Balaban J connectivity index is 1.77. The molecule has 2 aromatic carbocycles. The van der Waals surface area contributed by atoms with Crippen molar-refractivity contribution in [1.82, 2.24) is 4.90 Å². The van der Waals surface area contributed by atoms with E-state index in [9.17, 15) is 19.1 Å². The minimum absolute atomic E-state index is 0.0377. The standard InChI is InChI=1S/C27H26FNO5/c1-3-4-13-33-20-11-9-18(10-12-20)24-23(25(30)19-8-7-17(2)22(28)15-19)26(31)27(32)29(24)16-21-6-5-14-34-21/h5-12,14-15,24,30H,3-4,13,16H2,1-2H3/t24-/m1/s1. The summed E-state index contributed by atoms with van der Waals surface area (Å²) in [5.41, 5.74) is 1.05. The smallest absolute Gasteiger partial charge is 0.296 e. The molecular weight excluding hydrogens is 437 g/mol. The summed E-state index contributed by atoms with van der Waals surface area (Å²) in [5, 5.41) is 11.1. The van der Waals surface area contributed by atoms with Gasteiger partial charge in [-0.05, 0) is 54.8 Å². The molecule has 0 unspecified atom stereocenters. The van der Waals surface area contributed by atoms with E-state index in [2.05, 4.69) is 6.92 Å². The summed E-state index contributed by atoms with van der Waals surface area (Å²) in [4.78, 5) is 27.4. The molecule has 1 fully saturated rings. The quantitative estimate of drug-likeness (QED) is 0.206. The number of benzene rings is 2. The number of nitrogens with zero attached hydrogens (tertiary/aromatic N) is 1. The second kappa shape index (κ2) is 9.95. The fourth-order valence-electron chi connectivity index (χ4n) is 3.94. The fourth-order valence-corrected chi connectivity index (χ4v) is 3.94. The highest BCUT2D eigenvalue weighted by molar-refractivity contribution is 6.46. The van der Waals surface area contributed by atoms with Crippen LogP contribution in [0, 0.1) is 12.7 Å². The number of carbonyl (C=O) groups is 2. The second-order valence-corrected chi connectivity index (χ2v) is 8.24. The molecule has 7 heteroatoms. The Morgan fingerprint density at radius 3 is 2.56 bits per heavy atom. The number of rotatable bonds is 8. The van der Waals surface area contributed by atoms with Crippen LogP contribution in [0.2, 0.25) is 0 Å². The minimum Gasteiger partial charge on any atom is -0.507 e. The Labute approximate surface area is 197 Å². The first-order valence-electron chi connectivity index (χ1n) is 11.2. The average molecular weight is 464 g/mol. The number of halogens is 1. The third kappa shape index (κ3) is 4.59. The molecule has 176 valence electrons. The van der Waals surface area contributed by atoms with Crippen LogP contribution in [-0.2, 0) is 16.1 Å². The van der Waals surface area contributed by atoms with E-state index >= 15 is 0 Å². The van der Waals surface area contributed by atoms with Crippen LogP contribution in [-0.4, -0.2) is 28.3 Å². The van der Waals surface area contributed by atoms with Gasteiger partial charge in [-0.2, -0.15) is 0 Å². The Bertz CT molecular complexity index is 1210. The molecule has 1 N–H and O–H groups in total. The first kappa shape index (κ1) is 23.3. The summed E-state index contributed by atoms with van der Waals surface area (Å²) in [6.45, 7) is 4.31. The van der Waals surface area contributed by atoms with Crippen LogP contribution in [0.15, 0.2) is 70.9 Å². The minimum atomic E-state index is -0.876. The molecule has 34 heavy (non-hydrogen) atoms. The number of amides is 1. The van der Waals surface area contributed by atoms with Crippen molar-refractivity contribution >= 4 is 17.4 Å². The molecule has 6 nitrogen and oxygen atoms in total. The van der Waals surface area contributed by atoms with Gasteiger partial charge < -0.3 is 19.2 Å². The molecule has 0 bridgehead atoms. The van der Waals surface area contributed by atoms with E-state index < -0.39 is 29.3 Å². The zero-order valence-corrected chi connectivity index (χ0v) is 19.1. The number of aryl methyl sites for hydroxylation is 1. The van der Waals surface area contributed by atoms with Crippen LogP contribution in [0.25, 0.3) is 5.76 Å². The van der Waals surface area contributed by atoms with Gasteiger partial charge in [0.2, 0.25) is 0 Å². The van der Waals surface area contributed by atoms with E-state index in [0.717, 1.165) is 18.9 Å². The SMILES string of the molecule is CCCCOc1ccc([C@@H]2C(=C(O)c3ccc(C)c(F)c3)C(=O)C(=O)N2Cc2ccco2)cc1. The molecule has 1 amide bonds. The number of ether oxygens (including phenoxy) is 1. The van der Waals surface area contributed by atoms with E-state index in [1.807, 2.05) is 0 Å². The molecule has 1 aliphatic rings. The number of hydrogen-bond donors (Lipinski definition) is 1. The summed E-state index contributed by atoms with van der Waals surface area (Å²) in [6.07, 6.45) is 3.43. The van der Waals surface area contributed by atoms with Gasteiger partial charge in [-0.1, -0.05) is 37.6 Å². The van der Waals surface area contributed by atoms with Gasteiger partial charge in [0, 0.05) is 5.56 Å². The van der Waals surface area contributed by atoms with Gasteiger partial charge in [0.05, 0.1) is 31.0 Å². The third-order valence-corrected chi connectivity index (χ3v) is 5.85. The first-order valence-corrected chi connectivity index (χ1v) is 11.2. The lowest BCUT2D eigenvalue weighted by atomic mass is 9.95. The number of ketones is 1. The van der Waals surface area contributed by atoms with Crippen LogP contribution in [0.3, 0.4) is 0 Å². The highest BCUT2D eigenvalue weighted by Crippen LogP contribution is 2.40. The van der Waals surface area contributed by atoms with Crippen molar-refractivity contribution in [3.63, 3.8) is 0 Å². The molecule has 4 rings (SSSR count). The number of aliphatic hydroxyl groups is 1. The Morgan fingerprint density at radius 1 is 1.15 bits per heavy atom. The molecule has 1 saturated heterocycles. The fraction of sp³-hybridized carbons (Fsp3) is 0.259. The Morgan fingerprint density at radius 2 is 1.91 bits per heavy atom. The summed E-state index contributed by atoms with van der Waals surface area (Å²) in [7, 11) is 0. The van der Waals surface area contributed by atoms with E-state index in [-0.39, 0.29) is 17.7 Å². The summed E-state index contributed by atoms with van der Waals surface area (Å²) >= 11 is 0. The van der Waals surface area contributed by atoms with Gasteiger partial charge in [-0.3, -0.25) is 9.59 Å². The van der Waals surface area contributed by atoms with Crippen molar-refractivity contribution in [3.8, 4) is 5.75 Å². The van der Waals surface area contributed by atoms with Gasteiger partial charge in [0.25, 0.3) is 11.7 Å². The largest absolute Gasteiger partial charge is 0.507 e. The summed E-state index contributed by atoms with van der Waals surface area (Å²) in [6, 6.07) is 13.8. The van der Waals surface area contributed by atoms with Crippen molar-refractivity contribution in [1.29, 1.82) is 0 Å². The zero-order chi connectivity index (χ0) is 24.2.